The number of carbonyl (C=O) groups is 1. The quantitative estimate of drug-likeness (QED) is 0.774. The van der Waals surface area contributed by atoms with E-state index in [9.17, 15) is 4.79 Å². The monoisotopic (exact) mass is 397 g/mol. The number of nitrogens with one attached hydrogen (secondary N) is 1. The summed E-state index contributed by atoms with van der Waals surface area (Å²) in [6.07, 6.45) is 4.38. The first-order valence-electron chi connectivity index (χ1n) is 9.82. The molecule has 1 heterocycles. The van der Waals surface area contributed by atoms with Crippen LogP contribution in [0, 0.1) is 0 Å². The minimum Gasteiger partial charge on any atom is -0.351 e. The lowest BCUT2D eigenvalue weighted by molar-refractivity contribution is -0.126. The third-order valence-electron chi connectivity index (χ3n) is 5.22. The lowest BCUT2D eigenvalue weighted by Crippen LogP contribution is -2.53. The number of benzene rings is 2. The Kier molecular flexibility index (Phi) is 7.66. The Labute approximate surface area is 172 Å². The number of hydrogen-bond donors (Lipinski definition) is 1. The largest absolute Gasteiger partial charge is 0.351 e. The van der Waals surface area contributed by atoms with Crippen LogP contribution < -0.4 is 5.32 Å². The van der Waals surface area contributed by atoms with Crippen molar-refractivity contribution in [1.29, 1.82) is 0 Å². The minimum atomic E-state index is -0.135. The van der Waals surface area contributed by atoms with E-state index in [1.54, 1.807) is 0 Å². The lowest BCUT2D eigenvalue weighted by Gasteiger charge is -2.37. The van der Waals surface area contributed by atoms with Crippen LogP contribution in [0.5, 0.6) is 0 Å². The fourth-order valence-electron chi connectivity index (χ4n) is 3.37. The van der Waals surface area contributed by atoms with Crippen molar-refractivity contribution >= 4 is 23.6 Å². The summed E-state index contributed by atoms with van der Waals surface area (Å²) in [6.45, 7) is 7.14. The van der Waals surface area contributed by atoms with Gasteiger partial charge in [-0.1, -0.05) is 72.3 Å². The second-order valence-corrected chi connectivity index (χ2v) is 7.54. The SMILES string of the molecule is C[C@@H](C(=O)NCc1ccccc1Cl)N1CCN(C/C=C/c2ccccc2)CC1. The Morgan fingerprint density at radius 3 is 2.46 bits per heavy atom. The summed E-state index contributed by atoms with van der Waals surface area (Å²) >= 11 is 6.16. The van der Waals surface area contributed by atoms with Gasteiger partial charge in [0, 0.05) is 44.3 Å². The Hall–Kier alpha value is -2.14. The molecular weight excluding hydrogens is 370 g/mol. The smallest absolute Gasteiger partial charge is 0.237 e. The molecule has 1 aliphatic rings. The molecule has 1 N–H and O–H groups in total. The molecule has 0 aromatic heterocycles. The van der Waals surface area contributed by atoms with Crippen molar-refractivity contribution in [2.45, 2.75) is 19.5 Å². The Morgan fingerprint density at radius 1 is 1.07 bits per heavy atom. The summed E-state index contributed by atoms with van der Waals surface area (Å²) in [6, 6.07) is 17.8. The first kappa shape index (κ1) is 20.6. The van der Waals surface area contributed by atoms with Gasteiger partial charge in [0.2, 0.25) is 5.91 Å². The van der Waals surface area contributed by atoms with Crippen LogP contribution >= 0.6 is 11.6 Å². The molecule has 3 rings (SSSR count). The molecule has 28 heavy (non-hydrogen) atoms. The molecule has 0 saturated carbocycles. The van der Waals surface area contributed by atoms with Gasteiger partial charge in [-0.3, -0.25) is 14.6 Å². The van der Waals surface area contributed by atoms with Crippen LogP contribution in [0.4, 0.5) is 0 Å². The maximum Gasteiger partial charge on any atom is 0.237 e. The molecular formula is C23H28ClN3O. The Bertz CT molecular complexity index is 785. The number of nitrogens with zero attached hydrogens (tertiary/aromatic N) is 2. The predicted molar refractivity (Wildman–Crippen MR) is 116 cm³/mol. The summed E-state index contributed by atoms with van der Waals surface area (Å²) in [5, 5.41) is 3.70. The molecule has 1 amide bonds. The van der Waals surface area contributed by atoms with Crippen LogP contribution in [0.2, 0.25) is 5.02 Å². The molecule has 0 bridgehead atoms. The highest BCUT2D eigenvalue weighted by atomic mass is 35.5. The number of amides is 1. The van der Waals surface area contributed by atoms with E-state index in [0.29, 0.717) is 11.6 Å². The van der Waals surface area contributed by atoms with Crippen molar-refractivity contribution < 1.29 is 4.79 Å². The molecule has 1 atom stereocenters. The van der Waals surface area contributed by atoms with Gasteiger partial charge in [-0.05, 0) is 24.1 Å². The van der Waals surface area contributed by atoms with Gasteiger partial charge in [-0.15, -0.1) is 0 Å². The molecule has 0 spiro atoms. The van der Waals surface area contributed by atoms with Gasteiger partial charge in [-0.2, -0.15) is 0 Å². The van der Waals surface area contributed by atoms with Crippen LogP contribution in [-0.4, -0.2) is 54.5 Å². The van der Waals surface area contributed by atoms with Crippen LogP contribution in [0.15, 0.2) is 60.7 Å². The van der Waals surface area contributed by atoms with Gasteiger partial charge < -0.3 is 5.32 Å². The Balaban J connectivity index is 1.40. The first-order chi connectivity index (χ1) is 13.6. The van der Waals surface area contributed by atoms with Gasteiger partial charge >= 0.3 is 0 Å². The van der Waals surface area contributed by atoms with Gasteiger partial charge in [-0.25, -0.2) is 0 Å². The Morgan fingerprint density at radius 2 is 1.75 bits per heavy atom. The van der Waals surface area contributed by atoms with Crippen LogP contribution in [-0.2, 0) is 11.3 Å². The normalized spacial score (nSPS) is 16.9. The van der Waals surface area contributed by atoms with E-state index in [1.807, 2.05) is 37.3 Å². The topological polar surface area (TPSA) is 35.6 Å². The van der Waals surface area contributed by atoms with Crippen molar-refractivity contribution in [3.05, 3.63) is 76.8 Å². The second-order valence-electron chi connectivity index (χ2n) is 7.13. The number of carbonyl (C=O) groups excluding carboxylic acids is 1. The van der Waals surface area contributed by atoms with Gasteiger partial charge in [0.15, 0.2) is 0 Å². The molecule has 5 heteroatoms. The predicted octanol–water partition coefficient (Wildman–Crippen LogP) is 3.68. The highest BCUT2D eigenvalue weighted by Crippen LogP contribution is 2.14. The maximum atomic E-state index is 12.5. The summed E-state index contributed by atoms with van der Waals surface area (Å²) in [5.74, 6) is 0.0531. The van der Waals surface area contributed by atoms with E-state index in [0.717, 1.165) is 38.3 Å². The van der Waals surface area contributed by atoms with Crippen molar-refractivity contribution in [3.63, 3.8) is 0 Å². The fourth-order valence-corrected chi connectivity index (χ4v) is 3.58. The molecule has 2 aromatic rings. The molecule has 2 aromatic carbocycles. The van der Waals surface area contributed by atoms with E-state index in [1.165, 1.54) is 5.56 Å². The molecule has 0 aliphatic carbocycles. The standard InChI is InChI=1S/C23H28ClN3O/c1-19(23(28)25-18-21-11-5-6-12-22(21)24)27-16-14-26(15-17-27)13-7-10-20-8-3-2-4-9-20/h2-12,19H,13-18H2,1H3,(H,25,28)/b10-7+/t19-/m0/s1. The van der Waals surface area contributed by atoms with Crippen molar-refractivity contribution in [2.24, 2.45) is 0 Å². The number of hydrogen-bond acceptors (Lipinski definition) is 3. The van der Waals surface area contributed by atoms with Crippen LogP contribution in [0.3, 0.4) is 0 Å². The minimum absolute atomic E-state index is 0.0531. The summed E-state index contributed by atoms with van der Waals surface area (Å²) in [4.78, 5) is 17.2. The highest BCUT2D eigenvalue weighted by molar-refractivity contribution is 6.31. The molecule has 0 unspecified atom stereocenters. The molecule has 4 nitrogen and oxygen atoms in total. The molecule has 1 saturated heterocycles. The number of rotatable bonds is 7. The fraction of sp³-hybridized carbons (Fsp3) is 0.348. The van der Waals surface area contributed by atoms with Crippen molar-refractivity contribution in [2.75, 3.05) is 32.7 Å². The summed E-state index contributed by atoms with van der Waals surface area (Å²) in [5.41, 5.74) is 2.17. The first-order valence-corrected chi connectivity index (χ1v) is 10.2. The van der Waals surface area contributed by atoms with E-state index < -0.39 is 0 Å². The zero-order chi connectivity index (χ0) is 19.8. The molecule has 1 aliphatic heterocycles. The number of piperazine rings is 1. The van der Waals surface area contributed by atoms with Crippen molar-refractivity contribution in [1.82, 2.24) is 15.1 Å². The second kappa shape index (κ2) is 10.4. The third kappa shape index (κ3) is 5.93. The van der Waals surface area contributed by atoms with Crippen molar-refractivity contribution in [3.8, 4) is 0 Å². The van der Waals surface area contributed by atoms with E-state index >= 15 is 0 Å². The zero-order valence-corrected chi connectivity index (χ0v) is 17.1. The van der Waals surface area contributed by atoms with E-state index in [2.05, 4.69) is 51.5 Å². The average molecular weight is 398 g/mol. The third-order valence-corrected chi connectivity index (χ3v) is 5.59. The highest BCUT2D eigenvalue weighted by Gasteiger charge is 2.25. The van der Waals surface area contributed by atoms with Crippen LogP contribution in [0.1, 0.15) is 18.1 Å². The molecule has 1 fully saturated rings. The molecule has 0 radical (unpaired) electrons. The summed E-state index contributed by atoms with van der Waals surface area (Å²) < 4.78 is 0. The van der Waals surface area contributed by atoms with E-state index in [-0.39, 0.29) is 11.9 Å². The van der Waals surface area contributed by atoms with Gasteiger partial charge in [0.05, 0.1) is 6.04 Å². The number of halogens is 1. The average Bonchev–Trinajstić information content (AvgIpc) is 2.74. The zero-order valence-electron chi connectivity index (χ0n) is 16.4. The van der Waals surface area contributed by atoms with Crippen LogP contribution in [0.25, 0.3) is 6.08 Å². The van der Waals surface area contributed by atoms with Gasteiger partial charge in [0.25, 0.3) is 0 Å². The summed E-state index contributed by atoms with van der Waals surface area (Å²) in [7, 11) is 0. The lowest BCUT2D eigenvalue weighted by atomic mass is 10.2. The van der Waals surface area contributed by atoms with E-state index in [4.69, 9.17) is 11.6 Å². The maximum absolute atomic E-state index is 12.5. The van der Waals surface area contributed by atoms with Gasteiger partial charge in [0.1, 0.15) is 0 Å². The molecule has 148 valence electrons.